The number of ether oxygens (including phenoxy) is 1. The molecular weight excluding hydrogens is 250 g/mol. The van der Waals surface area contributed by atoms with Gasteiger partial charge in [-0.15, -0.1) is 0 Å². The largest absolute Gasteiger partial charge is 0.465 e. The van der Waals surface area contributed by atoms with Crippen LogP contribution in [0.25, 0.3) is 0 Å². The summed E-state index contributed by atoms with van der Waals surface area (Å²) in [6.45, 7) is 2.15. The number of anilines is 1. The predicted octanol–water partition coefficient (Wildman–Crippen LogP) is 4.04. The normalized spacial score (nSPS) is 11.7. The average molecular weight is 269 g/mol. The molecular formula is C17H19NO2. The summed E-state index contributed by atoms with van der Waals surface area (Å²) in [5.74, 6) is -0.313. The number of rotatable bonds is 5. The smallest absolute Gasteiger partial charge is 0.337 e. The Balaban J connectivity index is 2.10. The first-order valence-electron chi connectivity index (χ1n) is 6.74. The van der Waals surface area contributed by atoms with Crippen LogP contribution in [0.5, 0.6) is 0 Å². The zero-order chi connectivity index (χ0) is 14.4. The molecule has 1 atom stereocenters. The lowest BCUT2D eigenvalue weighted by atomic mass is 10.0. The third-order valence-electron chi connectivity index (χ3n) is 3.26. The van der Waals surface area contributed by atoms with Crippen molar-refractivity contribution in [2.45, 2.75) is 19.4 Å². The quantitative estimate of drug-likeness (QED) is 0.833. The van der Waals surface area contributed by atoms with Crippen molar-refractivity contribution in [1.29, 1.82) is 0 Å². The third kappa shape index (κ3) is 3.38. The molecule has 0 heterocycles. The highest BCUT2D eigenvalue weighted by molar-refractivity contribution is 5.89. The number of benzene rings is 2. The molecule has 0 aliphatic heterocycles. The van der Waals surface area contributed by atoms with Crippen molar-refractivity contribution in [3.63, 3.8) is 0 Å². The van der Waals surface area contributed by atoms with E-state index in [2.05, 4.69) is 29.1 Å². The van der Waals surface area contributed by atoms with Gasteiger partial charge in [0, 0.05) is 5.69 Å². The number of nitrogens with one attached hydrogen (secondary N) is 1. The molecule has 2 aromatic rings. The van der Waals surface area contributed by atoms with Crippen LogP contribution in [0.2, 0.25) is 0 Å². The molecule has 1 unspecified atom stereocenters. The van der Waals surface area contributed by atoms with E-state index in [-0.39, 0.29) is 12.0 Å². The van der Waals surface area contributed by atoms with Gasteiger partial charge < -0.3 is 10.1 Å². The van der Waals surface area contributed by atoms with Crippen molar-refractivity contribution in [2.75, 3.05) is 12.4 Å². The molecule has 104 valence electrons. The minimum atomic E-state index is -0.313. The maximum atomic E-state index is 11.4. The van der Waals surface area contributed by atoms with Gasteiger partial charge in [-0.3, -0.25) is 0 Å². The predicted molar refractivity (Wildman–Crippen MR) is 80.9 cm³/mol. The highest BCUT2D eigenvalue weighted by Gasteiger charge is 2.09. The number of carbonyl (C=O) groups is 1. The molecule has 0 aromatic heterocycles. The van der Waals surface area contributed by atoms with Gasteiger partial charge in [-0.1, -0.05) is 37.3 Å². The van der Waals surface area contributed by atoms with E-state index in [0.717, 1.165) is 12.1 Å². The van der Waals surface area contributed by atoms with Crippen molar-refractivity contribution in [1.82, 2.24) is 0 Å². The van der Waals surface area contributed by atoms with Crippen LogP contribution in [0.3, 0.4) is 0 Å². The Bertz CT molecular complexity index is 549. The summed E-state index contributed by atoms with van der Waals surface area (Å²) in [5, 5.41) is 3.48. The van der Waals surface area contributed by atoms with Gasteiger partial charge in [0.1, 0.15) is 0 Å². The zero-order valence-electron chi connectivity index (χ0n) is 11.8. The van der Waals surface area contributed by atoms with Crippen LogP contribution in [-0.4, -0.2) is 13.1 Å². The molecule has 2 rings (SSSR count). The Morgan fingerprint density at radius 3 is 2.30 bits per heavy atom. The number of hydrogen-bond acceptors (Lipinski definition) is 3. The van der Waals surface area contributed by atoms with Gasteiger partial charge in [0.2, 0.25) is 0 Å². The Morgan fingerprint density at radius 2 is 1.75 bits per heavy atom. The summed E-state index contributed by atoms with van der Waals surface area (Å²) in [5.41, 5.74) is 2.81. The van der Waals surface area contributed by atoms with E-state index in [4.69, 9.17) is 0 Å². The van der Waals surface area contributed by atoms with Crippen molar-refractivity contribution in [3.8, 4) is 0 Å². The second-order valence-electron chi connectivity index (χ2n) is 4.58. The molecule has 20 heavy (non-hydrogen) atoms. The Hall–Kier alpha value is -2.29. The topological polar surface area (TPSA) is 38.3 Å². The molecule has 0 amide bonds. The zero-order valence-corrected chi connectivity index (χ0v) is 11.8. The Morgan fingerprint density at radius 1 is 1.10 bits per heavy atom. The first-order valence-corrected chi connectivity index (χ1v) is 6.74. The molecule has 0 bridgehead atoms. The van der Waals surface area contributed by atoms with Gasteiger partial charge in [0.05, 0.1) is 18.7 Å². The summed E-state index contributed by atoms with van der Waals surface area (Å²) in [6, 6.07) is 17.9. The minimum absolute atomic E-state index is 0.264. The highest BCUT2D eigenvalue weighted by atomic mass is 16.5. The van der Waals surface area contributed by atoms with Gasteiger partial charge >= 0.3 is 5.97 Å². The molecule has 0 radical (unpaired) electrons. The molecule has 0 saturated carbocycles. The van der Waals surface area contributed by atoms with Crippen molar-refractivity contribution < 1.29 is 9.53 Å². The van der Waals surface area contributed by atoms with Crippen LogP contribution in [0.4, 0.5) is 5.69 Å². The SMILES string of the molecule is CCC(Nc1ccc(C(=O)OC)cc1)c1ccccc1. The van der Waals surface area contributed by atoms with E-state index in [9.17, 15) is 4.79 Å². The fourth-order valence-corrected chi connectivity index (χ4v) is 2.13. The fourth-order valence-electron chi connectivity index (χ4n) is 2.13. The van der Waals surface area contributed by atoms with Crippen LogP contribution >= 0.6 is 0 Å². The van der Waals surface area contributed by atoms with E-state index in [1.807, 2.05) is 30.3 Å². The maximum absolute atomic E-state index is 11.4. The van der Waals surface area contributed by atoms with Crippen LogP contribution in [0, 0.1) is 0 Å². The monoisotopic (exact) mass is 269 g/mol. The molecule has 1 N–H and O–H groups in total. The van der Waals surface area contributed by atoms with Crippen LogP contribution in [0.15, 0.2) is 54.6 Å². The lowest BCUT2D eigenvalue weighted by Gasteiger charge is -2.18. The van der Waals surface area contributed by atoms with Crippen LogP contribution in [-0.2, 0) is 4.74 Å². The molecule has 0 aliphatic rings. The summed E-state index contributed by atoms with van der Waals surface area (Å²) < 4.78 is 4.69. The summed E-state index contributed by atoms with van der Waals surface area (Å²) in [6.07, 6.45) is 0.989. The number of carbonyl (C=O) groups excluding carboxylic acids is 1. The van der Waals surface area contributed by atoms with E-state index in [0.29, 0.717) is 5.56 Å². The van der Waals surface area contributed by atoms with Gasteiger partial charge in [0.15, 0.2) is 0 Å². The summed E-state index contributed by atoms with van der Waals surface area (Å²) >= 11 is 0. The summed E-state index contributed by atoms with van der Waals surface area (Å²) in [4.78, 5) is 11.4. The number of methoxy groups -OCH3 is 1. The van der Waals surface area contributed by atoms with Crippen molar-refractivity contribution in [2.24, 2.45) is 0 Å². The van der Waals surface area contributed by atoms with Crippen LogP contribution in [0.1, 0.15) is 35.3 Å². The second kappa shape index (κ2) is 6.75. The molecule has 3 nitrogen and oxygen atoms in total. The van der Waals surface area contributed by atoms with Crippen LogP contribution < -0.4 is 5.32 Å². The lowest BCUT2D eigenvalue weighted by molar-refractivity contribution is 0.0601. The van der Waals surface area contributed by atoms with E-state index in [1.54, 1.807) is 12.1 Å². The Kier molecular flexibility index (Phi) is 4.77. The van der Waals surface area contributed by atoms with E-state index in [1.165, 1.54) is 12.7 Å². The third-order valence-corrected chi connectivity index (χ3v) is 3.26. The molecule has 2 aromatic carbocycles. The second-order valence-corrected chi connectivity index (χ2v) is 4.58. The van der Waals surface area contributed by atoms with E-state index < -0.39 is 0 Å². The summed E-state index contributed by atoms with van der Waals surface area (Å²) in [7, 11) is 1.39. The Labute approximate surface area is 119 Å². The molecule has 0 saturated heterocycles. The van der Waals surface area contributed by atoms with Gasteiger partial charge in [-0.25, -0.2) is 4.79 Å². The van der Waals surface area contributed by atoms with Crippen molar-refractivity contribution >= 4 is 11.7 Å². The molecule has 0 aliphatic carbocycles. The minimum Gasteiger partial charge on any atom is -0.465 e. The highest BCUT2D eigenvalue weighted by Crippen LogP contribution is 2.22. The van der Waals surface area contributed by atoms with Gasteiger partial charge in [-0.2, -0.15) is 0 Å². The number of hydrogen-bond donors (Lipinski definition) is 1. The first-order chi connectivity index (χ1) is 9.74. The fraction of sp³-hybridized carbons (Fsp3) is 0.235. The van der Waals surface area contributed by atoms with Crippen molar-refractivity contribution in [3.05, 3.63) is 65.7 Å². The number of esters is 1. The van der Waals surface area contributed by atoms with E-state index >= 15 is 0 Å². The van der Waals surface area contributed by atoms with Gasteiger partial charge in [-0.05, 0) is 36.2 Å². The first kappa shape index (κ1) is 14.1. The standard InChI is InChI=1S/C17H19NO2/c1-3-16(13-7-5-4-6-8-13)18-15-11-9-14(10-12-15)17(19)20-2/h4-12,16,18H,3H2,1-2H3. The maximum Gasteiger partial charge on any atom is 0.337 e. The van der Waals surface area contributed by atoms with Gasteiger partial charge in [0.25, 0.3) is 0 Å². The lowest BCUT2D eigenvalue weighted by Crippen LogP contribution is -2.09. The molecule has 0 fully saturated rings. The molecule has 3 heteroatoms. The molecule has 0 spiro atoms. The average Bonchev–Trinajstić information content (AvgIpc) is 2.53.